The zero-order valence-electron chi connectivity index (χ0n) is 17.4. The van der Waals surface area contributed by atoms with Crippen LogP contribution in [0.4, 0.5) is 5.69 Å². The van der Waals surface area contributed by atoms with Gasteiger partial charge < -0.3 is 10.1 Å². The first kappa shape index (κ1) is 20.5. The standard InChI is InChI=1S/C24H26N2O3/c1-14(2)22-13-19(18-8-6-7-9-21(18)25-22)24(28)29-17(5)23(27)26-20-11-10-15(3)12-16(20)4/h6-14,17H,1-5H3,(H,26,27). The molecule has 0 spiro atoms. The number of hydrogen-bond donors (Lipinski definition) is 1. The topological polar surface area (TPSA) is 68.3 Å². The number of hydrogen-bond acceptors (Lipinski definition) is 4. The molecule has 29 heavy (non-hydrogen) atoms. The average Bonchev–Trinajstić information content (AvgIpc) is 2.68. The summed E-state index contributed by atoms with van der Waals surface area (Å²) in [5.41, 5.74) is 4.75. The second-order valence-corrected chi connectivity index (χ2v) is 7.62. The van der Waals surface area contributed by atoms with Crippen molar-refractivity contribution in [1.29, 1.82) is 0 Å². The van der Waals surface area contributed by atoms with Crippen LogP contribution in [0.5, 0.6) is 0 Å². The lowest BCUT2D eigenvalue weighted by molar-refractivity contribution is -0.123. The maximum atomic E-state index is 12.9. The summed E-state index contributed by atoms with van der Waals surface area (Å²) in [4.78, 5) is 30.1. The van der Waals surface area contributed by atoms with Crippen LogP contribution >= 0.6 is 0 Å². The van der Waals surface area contributed by atoms with E-state index in [1.807, 2.05) is 70.2 Å². The molecule has 0 bridgehead atoms. The van der Waals surface area contributed by atoms with E-state index in [9.17, 15) is 9.59 Å². The maximum Gasteiger partial charge on any atom is 0.339 e. The smallest absolute Gasteiger partial charge is 0.339 e. The summed E-state index contributed by atoms with van der Waals surface area (Å²) in [6, 6.07) is 15.0. The first-order valence-corrected chi connectivity index (χ1v) is 9.75. The Labute approximate surface area is 171 Å². The normalized spacial score (nSPS) is 12.1. The molecule has 1 amide bonds. The van der Waals surface area contributed by atoms with Crippen LogP contribution < -0.4 is 5.32 Å². The molecule has 2 aromatic carbocycles. The molecule has 0 saturated carbocycles. The second kappa shape index (κ2) is 8.43. The van der Waals surface area contributed by atoms with Gasteiger partial charge in [-0.15, -0.1) is 0 Å². The zero-order chi connectivity index (χ0) is 21.1. The van der Waals surface area contributed by atoms with Crippen molar-refractivity contribution in [2.75, 3.05) is 5.32 Å². The zero-order valence-corrected chi connectivity index (χ0v) is 17.4. The van der Waals surface area contributed by atoms with E-state index in [1.54, 1.807) is 13.0 Å². The third-order valence-corrected chi connectivity index (χ3v) is 4.84. The number of esters is 1. The molecule has 0 fully saturated rings. The third-order valence-electron chi connectivity index (χ3n) is 4.84. The summed E-state index contributed by atoms with van der Waals surface area (Å²) >= 11 is 0. The summed E-state index contributed by atoms with van der Waals surface area (Å²) in [6.45, 7) is 9.53. The van der Waals surface area contributed by atoms with E-state index in [-0.39, 0.29) is 11.8 Å². The molecule has 0 aliphatic heterocycles. The first-order chi connectivity index (χ1) is 13.8. The molecule has 5 heteroatoms. The summed E-state index contributed by atoms with van der Waals surface area (Å²) < 4.78 is 5.50. The van der Waals surface area contributed by atoms with E-state index in [0.717, 1.165) is 22.3 Å². The average molecular weight is 390 g/mol. The van der Waals surface area contributed by atoms with Gasteiger partial charge in [0.05, 0.1) is 11.1 Å². The van der Waals surface area contributed by atoms with Gasteiger partial charge in [-0.2, -0.15) is 0 Å². The summed E-state index contributed by atoms with van der Waals surface area (Å²) in [5, 5.41) is 3.54. The number of ether oxygens (including phenoxy) is 1. The van der Waals surface area contributed by atoms with Crippen LogP contribution in [0.25, 0.3) is 10.9 Å². The Morgan fingerprint density at radius 1 is 1.00 bits per heavy atom. The molecular formula is C24H26N2O3. The predicted octanol–water partition coefficient (Wildman–Crippen LogP) is 5.16. The van der Waals surface area contributed by atoms with Crippen molar-refractivity contribution in [3.05, 3.63) is 70.9 Å². The van der Waals surface area contributed by atoms with E-state index in [0.29, 0.717) is 16.6 Å². The van der Waals surface area contributed by atoms with Crippen molar-refractivity contribution in [3.63, 3.8) is 0 Å². The van der Waals surface area contributed by atoms with Crippen LogP contribution in [0, 0.1) is 13.8 Å². The van der Waals surface area contributed by atoms with Gasteiger partial charge in [-0.05, 0) is 50.5 Å². The Hall–Kier alpha value is -3.21. The number of para-hydroxylation sites is 1. The van der Waals surface area contributed by atoms with Crippen LogP contribution in [-0.4, -0.2) is 23.0 Å². The quantitative estimate of drug-likeness (QED) is 0.611. The van der Waals surface area contributed by atoms with Gasteiger partial charge in [-0.25, -0.2) is 4.79 Å². The lowest BCUT2D eigenvalue weighted by Gasteiger charge is -2.16. The molecular weight excluding hydrogens is 364 g/mol. The largest absolute Gasteiger partial charge is 0.449 e. The first-order valence-electron chi connectivity index (χ1n) is 9.75. The number of amides is 1. The molecule has 1 N–H and O–H groups in total. The molecule has 0 aliphatic carbocycles. The number of rotatable bonds is 5. The Morgan fingerprint density at radius 3 is 2.41 bits per heavy atom. The Kier molecular flexibility index (Phi) is 5.97. The number of anilines is 1. The van der Waals surface area contributed by atoms with Crippen molar-refractivity contribution in [1.82, 2.24) is 4.98 Å². The maximum absolute atomic E-state index is 12.9. The Bertz CT molecular complexity index is 1070. The Balaban J connectivity index is 1.81. The third kappa shape index (κ3) is 4.62. The van der Waals surface area contributed by atoms with E-state index in [1.165, 1.54) is 0 Å². The van der Waals surface area contributed by atoms with Crippen molar-refractivity contribution in [2.45, 2.75) is 46.6 Å². The van der Waals surface area contributed by atoms with E-state index >= 15 is 0 Å². The number of nitrogens with zero attached hydrogens (tertiary/aromatic N) is 1. The predicted molar refractivity (Wildman–Crippen MR) is 115 cm³/mol. The second-order valence-electron chi connectivity index (χ2n) is 7.62. The fourth-order valence-electron chi connectivity index (χ4n) is 3.13. The highest BCUT2D eigenvalue weighted by Crippen LogP contribution is 2.24. The van der Waals surface area contributed by atoms with Crippen LogP contribution in [0.15, 0.2) is 48.5 Å². The fourth-order valence-corrected chi connectivity index (χ4v) is 3.13. The molecule has 1 unspecified atom stereocenters. The van der Waals surface area contributed by atoms with E-state index < -0.39 is 12.1 Å². The fraction of sp³-hybridized carbons (Fsp3) is 0.292. The number of carbonyl (C=O) groups excluding carboxylic acids is 2. The molecule has 0 saturated heterocycles. The number of aryl methyl sites for hydroxylation is 2. The molecule has 1 aromatic heterocycles. The van der Waals surface area contributed by atoms with Crippen molar-refractivity contribution < 1.29 is 14.3 Å². The summed E-state index contributed by atoms with van der Waals surface area (Å²) in [5.74, 6) is -0.738. The monoisotopic (exact) mass is 390 g/mol. The van der Waals surface area contributed by atoms with Crippen molar-refractivity contribution >= 4 is 28.5 Å². The van der Waals surface area contributed by atoms with Crippen molar-refractivity contribution in [2.24, 2.45) is 0 Å². The van der Waals surface area contributed by atoms with Gasteiger partial charge >= 0.3 is 5.97 Å². The van der Waals surface area contributed by atoms with Gasteiger partial charge in [0, 0.05) is 16.8 Å². The molecule has 1 atom stereocenters. The molecule has 0 radical (unpaired) electrons. The van der Waals surface area contributed by atoms with E-state index in [2.05, 4.69) is 10.3 Å². The lowest BCUT2D eigenvalue weighted by Crippen LogP contribution is -2.30. The van der Waals surface area contributed by atoms with Crippen LogP contribution in [0.2, 0.25) is 0 Å². The van der Waals surface area contributed by atoms with Gasteiger partial charge in [-0.1, -0.05) is 49.7 Å². The summed E-state index contributed by atoms with van der Waals surface area (Å²) in [6.07, 6.45) is -0.933. The lowest BCUT2D eigenvalue weighted by atomic mass is 10.0. The highest BCUT2D eigenvalue weighted by Gasteiger charge is 2.22. The van der Waals surface area contributed by atoms with Crippen LogP contribution in [0.1, 0.15) is 53.9 Å². The molecule has 5 nitrogen and oxygen atoms in total. The van der Waals surface area contributed by atoms with Gasteiger partial charge in [-0.3, -0.25) is 9.78 Å². The number of nitrogens with one attached hydrogen (secondary N) is 1. The number of carbonyl (C=O) groups is 2. The molecule has 3 aromatic rings. The minimum Gasteiger partial charge on any atom is -0.449 e. The molecule has 3 rings (SSSR count). The van der Waals surface area contributed by atoms with Gasteiger partial charge in [0.25, 0.3) is 5.91 Å². The van der Waals surface area contributed by atoms with Crippen LogP contribution in [-0.2, 0) is 9.53 Å². The SMILES string of the molecule is Cc1ccc(NC(=O)C(C)OC(=O)c2cc(C(C)C)nc3ccccc23)c(C)c1. The number of fused-ring (bicyclic) bond motifs is 1. The molecule has 0 aliphatic rings. The van der Waals surface area contributed by atoms with E-state index in [4.69, 9.17) is 4.74 Å². The highest BCUT2D eigenvalue weighted by molar-refractivity contribution is 6.05. The number of pyridine rings is 1. The van der Waals surface area contributed by atoms with Gasteiger partial charge in [0.1, 0.15) is 0 Å². The van der Waals surface area contributed by atoms with Gasteiger partial charge in [0.15, 0.2) is 6.10 Å². The minimum absolute atomic E-state index is 0.163. The number of benzene rings is 2. The van der Waals surface area contributed by atoms with Crippen molar-refractivity contribution in [3.8, 4) is 0 Å². The molecule has 1 heterocycles. The highest BCUT2D eigenvalue weighted by atomic mass is 16.5. The minimum atomic E-state index is -0.933. The van der Waals surface area contributed by atoms with Crippen LogP contribution in [0.3, 0.4) is 0 Å². The number of aromatic nitrogens is 1. The van der Waals surface area contributed by atoms with Gasteiger partial charge in [0.2, 0.25) is 0 Å². The summed E-state index contributed by atoms with van der Waals surface area (Å²) in [7, 11) is 0. The Morgan fingerprint density at radius 2 is 1.72 bits per heavy atom. The molecule has 150 valence electrons.